The Morgan fingerprint density at radius 3 is 2.34 bits per heavy atom. The van der Waals surface area contributed by atoms with Crippen molar-refractivity contribution in [3.05, 3.63) is 99.3 Å². The van der Waals surface area contributed by atoms with E-state index >= 15 is 0 Å². The van der Waals surface area contributed by atoms with Gasteiger partial charge in [0.1, 0.15) is 5.75 Å². The summed E-state index contributed by atoms with van der Waals surface area (Å²) in [5.74, 6) is 1.69. The van der Waals surface area contributed by atoms with E-state index in [1.807, 2.05) is 48.5 Å². The molecule has 7 nitrogen and oxygen atoms in total. The van der Waals surface area contributed by atoms with Gasteiger partial charge < -0.3 is 24.1 Å². The molecule has 0 radical (unpaired) electrons. The van der Waals surface area contributed by atoms with Gasteiger partial charge in [0.25, 0.3) is 11.5 Å². The fourth-order valence-corrected chi connectivity index (χ4v) is 4.77. The quantitative estimate of drug-likeness (QED) is 0.469. The van der Waals surface area contributed by atoms with Crippen LogP contribution < -0.4 is 19.8 Å². The predicted molar refractivity (Wildman–Crippen MR) is 134 cm³/mol. The lowest BCUT2D eigenvalue weighted by molar-refractivity contribution is 0.0693. The van der Waals surface area contributed by atoms with Crippen LogP contribution in [-0.2, 0) is 6.42 Å². The van der Waals surface area contributed by atoms with Crippen molar-refractivity contribution in [3.8, 4) is 17.2 Å². The maximum absolute atomic E-state index is 13.7. The Morgan fingerprint density at radius 1 is 0.886 bits per heavy atom. The summed E-state index contributed by atoms with van der Waals surface area (Å²) in [6, 6.07) is 19.7. The average Bonchev–Trinajstić information content (AvgIpc) is 2.91. The van der Waals surface area contributed by atoms with Gasteiger partial charge in [-0.25, -0.2) is 0 Å². The molecule has 2 heterocycles. The van der Waals surface area contributed by atoms with Crippen LogP contribution in [0.1, 0.15) is 33.1 Å². The van der Waals surface area contributed by atoms with E-state index in [4.69, 9.17) is 14.2 Å². The number of hydrogen-bond donors (Lipinski definition) is 1. The zero-order chi connectivity index (χ0) is 24.5. The summed E-state index contributed by atoms with van der Waals surface area (Å²) in [7, 11) is 4.75. The number of pyridine rings is 1. The molecular weight excluding hydrogens is 444 g/mol. The molecule has 1 atom stereocenters. The number of nitrogens with one attached hydrogen (secondary N) is 1. The molecule has 1 N–H and O–H groups in total. The zero-order valence-corrected chi connectivity index (χ0v) is 19.8. The highest BCUT2D eigenvalue weighted by Gasteiger charge is 2.35. The van der Waals surface area contributed by atoms with Crippen LogP contribution in [0.3, 0.4) is 0 Å². The van der Waals surface area contributed by atoms with Crippen LogP contribution in [0.2, 0.25) is 0 Å². The number of carbonyl (C=O) groups is 1. The highest BCUT2D eigenvalue weighted by Crippen LogP contribution is 2.41. The number of hydrogen-bond acceptors (Lipinski definition) is 5. The van der Waals surface area contributed by atoms with Gasteiger partial charge in [0.05, 0.1) is 32.9 Å². The summed E-state index contributed by atoms with van der Waals surface area (Å²) in [6.45, 7) is 0.459. The van der Waals surface area contributed by atoms with Crippen molar-refractivity contribution in [3.63, 3.8) is 0 Å². The summed E-state index contributed by atoms with van der Waals surface area (Å²) >= 11 is 0. The fourth-order valence-electron chi connectivity index (χ4n) is 4.77. The lowest BCUT2D eigenvalue weighted by Gasteiger charge is -2.38. The van der Waals surface area contributed by atoms with Gasteiger partial charge in [-0.05, 0) is 65.4 Å². The third-order valence-electron chi connectivity index (χ3n) is 6.53. The minimum absolute atomic E-state index is 0.134. The lowest BCUT2D eigenvalue weighted by atomic mass is 9.87. The molecule has 0 bridgehead atoms. The molecule has 1 amide bonds. The van der Waals surface area contributed by atoms with Crippen LogP contribution in [0.25, 0.3) is 10.9 Å². The number of methoxy groups -OCH3 is 3. The number of fused-ring (bicyclic) bond motifs is 2. The number of aromatic nitrogens is 1. The largest absolute Gasteiger partial charge is 0.497 e. The summed E-state index contributed by atoms with van der Waals surface area (Å²) < 4.78 is 16.4. The number of ether oxygens (including phenoxy) is 3. The van der Waals surface area contributed by atoms with Gasteiger partial charge in [0, 0.05) is 23.7 Å². The maximum atomic E-state index is 13.7. The second-order valence-corrected chi connectivity index (χ2v) is 8.43. The molecule has 0 fully saturated rings. The Morgan fingerprint density at radius 2 is 1.63 bits per heavy atom. The molecule has 178 valence electrons. The molecule has 0 spiro atoms. The number of carbonyl (C=O) groups excluding carboxylic acids is 1. The van der Waals surface area contributed by atoms with E-state index in [2.05, 4.69) is 4.98 Å². The van der Waals surface area contributed by atoms with Crippen molar-refractivity contribution in [2.24, 2.45) is 0 Å². The Kier molecular flexibility index (Phi) is 5.91. The minimum atomic E-state index is -0.596. The molecule has 1 aromatic heterocycles. The van der Waals surface area contributed by atoms with Crippen LogP contribution in [-0.4, -0.2) is 43.7 Å². The van der Waals surface area contributed by atoms with E-state index in [0.29, 0.717) is 46.9 Å². The lowest BCUT2D eigenvalue weighted by Crippen LogP contribution is -2.42. The first-order chi connectivity index (χ1) is 17.0. The molecule has 1 aliphatic rings. The second kappa shape index (κ2) is 9.18. The van der Waals surface area contributed by atoms with Gasteiger partial charge in [0.2, 0.25) is 0 Å². The molecule has 5 rings (SSSR count). The van der Waals surface area contributed by atoms with E-state index in [1.165, 1.54) is 0 Å². The van der Waals surface area contributed by atoms with Gasteiger partial charge in [-0.15, -0.1) is 0 Å². The molecular formula is C28H26N2O5. The average molecular weight is 471 g/mol. The van der Waals surface area contributed by atoms with Crippen molar-refractivity contribution in [2.75, 3.05) is 27.9 Å². The predicted octanol–water partition coefficient (Wildman–Crippen LogP) is 4.34. The Balaban J connectivity index is 1.72. The van der Waals surface area contributed by atoms with Crippen LogP contribution in [0.4, 0.5) is 0 Å². The van der Waals surface area contributed by atoms with Crippen molar-refractivity contribution in [1.82, 2.24) is 9.88 Å². The van der Waals surface area contributed by atoms with E-state index < -0.39 is 6.04 Å². The summed E-state index contributed by atoms with van der Waals surface area (Å²) in [5, 5.41) is 0.847. The third-order valence-corrected chi connectivity index (χ3v) is 6.53. The molecule has 3 aromatic carbocycles. The molecule has 0 saturated heterocycles. The molecule has 0 saturated carbocycles. The smallest absolute Gasteiger partial charge is 0.254 e. The first kappa shape index (κ1) is 22.5. The van der Waals surface area contributed by atoms with Crippen LogP contribution >= 0.6 is 0 Å². The number of aromatic amines is 1. The standard InChI is InChI=1S/C28H26N2O5/c1-33-20-10-9-19-13-22(27(31)29-23(19)15-20)26-21-16-25(35-3)24(34-2)14-18(21)11-12-30(26)28(32)17-7-5-4-6-8-17/h4-10,13-16,26H,11-12H2,1-3H3,(H,29,31). The van der Waals surface area contributed by atoms with Gasteiger partial charge in [0.15, 0.2) is 11.5 Å². The summed E-state index contributed by atoms with van der Waals surface area (Å²) in [4.78, 5) is 31.9. The minimum Gasteiger partial charge on any atom is -0.497 e. The maximum Gasteiger partial charge on any atom is 0.254 e. The topological polar surface area (TPSA) is 80.9 Å². The highest BCUT2D eigenvalue weighted by atomic mass is 16.5. The van der Waals surface area contributed by atoms with E-state index in [1.54, 1.807) is 44.4 Å². The molecule has 4 aromatic rings. The van der Waals surface area contributed by atoms with E-state index in [9.17, 15) is 9.59 Å². The molecule has 35 heavy (non-hydrogen) atoms. The normalized spacial score (nSPS) is 14.9. The van der Waals surface area contributed by atoms with Crippen molar-refractivity contribution >= 4 is 16.8 Å². The van der Waals surface area contributed by atoms with Crippen molar-refractivity contribution in [1.29, 1.82) is 0 Å². The van der Waals surface area contributed by atoms with Crippen molar-refractivity contribution < 1.29 is 19.0 Å². The Bertz CT molecular complexity index is 1460. The fraction of sp³-hybridized carbons (Fsp3) is 0.214. The third kappa shape index (κ3) is 3.99. The molecule has 1 unspecified atom stereocenters. The molecule has 1 aliphatic heterocycles. The Labute approximate surface area is 202 Å². The first-order valence-electron chi connectivity index (χ1n) is 11.4. The summed E-state index contributed by atoms with van der Waals surface area (Å²) in [5.41, 5.74) is 3.32. The van der Waals surface area contributed by atoms with E-state index in [-0.39, 0.29) is 11.5 Å². The number of rotatable bonds is 5. The SMILES string of the molecule is COc1ccc2cc(C3c4cc(OC)c(OC)cc4CCN3C(=O)c3ccccc3)c(=O)[nH]c2c1. The summed E-state index contributed by atoms with van der Waals surface area (Å²) in [6.07, 6.45) is 0.632. The zero-order valence-electron chi connectivity index (χ0n) is 19.8. The van der Waals surface area contributed by atoms with Crippen LogP contribution in [0, 0.1) is 0 Å². The number of nitrogens with zero attached hydrogens (tertiary/aromatic N) is 1. The number of benzene rings is 3. The molecule has 0 aliphatic carbocycles. The number of amides is 1. The van der Waals surface area contributed by atoms with Gasteiger partial charge in [-0.1, -0.05) is 18.2 Å². The van der Waals surface area contributed by atoms with Gasteiger partial charge in [-0.2, -0.15) is 0 Å². The van der Waals surface area contributed by atoms with Crippen molar-refractivity contribution in [2.45, 2.75) is 12.5 Å². The van der Waals surface area contributed by atoms with E-state index in [0.717, 1.165) is 16.5 Å². The second-order valence-electron chi connectivity index (χ2n) is 8.43. The monoisotopic (exact) mass is 470 g/mol. The molecule has 7 heteroatoms. The number of H-pyrrole nitrogens is 1. The van der Waals surface area contributed by atoms with Gasteiger partial charge in [-0.3, -0.25) is 9.59 Å². The van der Waals surface area contributed by atoms with Gasteiger partial charge >= 0.3 is 0 Å². The highest BCUT2D eigenvalue weighted by molar-refractivity contribution is 5.95. The Hall–Kier alpha value is -4.26. The first-order valence-corrected chi connectivity index (χ1v) is 11.4. The van der Waals surface area contributed by atoms with Crippen LogP contribution in [0.5, 0.6) is 17.2 Å². The van der Waals surface area contributed by atoms with Crippen LogP contribution in [0.15, 0.2) is 71.5 Å².